The lowest BCUT2D eigenvalue weighted by Crippen LogP contribution is -2.38. The summed E-state index contributed by atoms with van der Waals surface area (Å²) in [6.45, 7) is 16.0. The molecule has 0 N–H and O–H groups in total. The third-order valence-corrected chi connectivity index (χ3v) is 3.41. The lowest BCUT2D eigenvalue weighted by Gasteiger charge is -2.26. The summed E-state index contributed by atoms with van der Waals surface area (Å²) in [6.07, 6.45) is 0. The van der Waals surface area contributed by atoms with E-state index in [1.165, 1.54) is 13.1 Å². The van der Waals surface area contributed by atoms with Gasteiger partial charge in [-0.3, -0.25) is 0 Å². The summed E-state index contributed by atoms with van der Waals surface area (Å²) in [5.74, 6) is 0. The standard InChI is InChI=1S/C13H31N3/c1-7-16(8-2)12-10-14(5)9-11-15(6)13(3)4/h13H,7-12H2,1-6H3. The Morgan fingerprint density at radius 2 is 1.31 bits per heavy atom. The highest BCUT2D eigenvalue weighted by Crippen LogP contribution is 1.94. The predicted octanol–water partition coefficient (Wildman–Crippen LogP) is 1.60. The van der Waals surface area contributed by atoms with Gasteiger partial charge in [-0.05, 0) is 41.0 Å². The van der Waals surface area contributed by atoms with E-state index < -0.39 is 0 Å². The zero-order chi connectivity index (χ0) is 12.6. The molecule has 0 bridgehead atoms. The van der Waals surface area contributed by atoms with Crippen LogP contribution in [0.15, 0.2) is 0 Å². The molecule has 0 heterocycles. The Balaban J connectivity index is 3.62. The summed E-state index contributed by atoms with van der Waals surface area (Å²) < 4.78 is 0. The van der Waals surface area contributed by atoms with E-state index >= 15 is 0 Å². The summed E-state index contributed by atoms with van der Waals surface area (Å²) in [5.41, 5.74) is 0. The van der Waals surface area contributed by atoms with Crippen molar-refractivity contribution in [1.82, 2.24) is 14.7 Å². The summed E-state index contributed by atoms with van der Waals surface area (Å²) >= 11 is 0. The van der Waals surface area contributed by atoms with Crippen LogP contribution < -0.4 is 0 Å². The largest absolute Gasteiger partial charge is 0.304 e. The van der Waals surface area contributed by atoms with Gasteiger partial charge < -0.3 is 14.7 Å². The molecule has 3 nitrogen and oxygen atoms in total. The van der Waals surface area contributed by atoms with Crippen LogP contribution in [0, 0.1) is 0 Å². The molecule has 3 heteroatoms. The van der Waals surface area contributed by atoms with Gasteiger partial charge in [0, 0.05) is 32.2 Å². The van der Waals surface area contributed by atoms with Crippen molar-refractivity contribution in [2.75, 3.05) is 53.4 Å². The van der Waals surface area contributed by atoms with Crippen LogP contribution in [-0.2, 0) is 0 Å². The number of nitrogens with zero attached hydrogens (tertiary/aromatic N) is 3. The average Bonchev–Trinajstić information content (AvgIpc) is 2.27. The molecule has 0 saturated heterocycles. The van der Waals surface area contributed by atoms with Crippen LogP contribution in [0.1, 0.15) is 27.7 Å². The Morgan fingerprint density at radius 3 is 1.75 bits per heavy atom. The molecule has 0 radical (unpaired) electrons. The third kappa shape index (κ3) is 7.20. The second-order valence-corrected chi connectivity index (χ2v) is 4.90. The first-order valence-corrected chi connectivity index (χ1v) is 6.62. The molecule has 0 spiro atoms. The number of likely N-dealkylation sites (N-methyl/N-ethyl adjacent to an activating group) is 3. The molecule has 0 atom stereocenters. The first kappa shape index (κ1) is 15.9. The zero-order valence-corrected chi connectivity index (χ0v) is 12.2. The monoisotopic (exact) mass is 229 g/mol. The second kappa shape index (κ2) is 8.97. The van der Waals surface area contributed by atoms with Gasteiger partial charge in [0.2, 0.25) is 0 Å². The lowest BCUT2D eigenvalue weighted by molar-refractivity contribution is 0.201. The minimum Gasteiger partial charge on any atom is -0.304 e. The molecule has 0 aliphatic rings. The topological polar surface area (TPSA) is 9.72 Å². The molecule has 16 heavy (non-hydrogen) atoms. The smallest absolute Gasteiger partial charge is 0.0109 e. The first-order chi connectivity index (χ1) is 7.51. The van der Waals surface area contributed by atoms with Gasteiger partial charge >= 0.3 is 0 Å². The second-order valence-electron chi connectivity index (χ2n) is 4.90. The Hall–Kier alpha value is -0.120. The van der Waals surface area contributed by atoms with Gasteiger partial charge in [0.1, 0.15) is 0 Å². The minimum atomic E-state index is 0.649. The fourth-order valence-corrected chi connectivity index (χ4v) is 1.55. The highest BCUT2D eigenvalue weighted by Gasteiger charge is 2.06. The Labute approximate surface area is 102 Å². The zero-order valence-electron chi connectivity index (χ0n) is 12.2. The molecular weight excluding hydrogens is 198 g/mol. The van der Waals surface area contributed by atoms with Crippen LogP contribution in [-0.4, -0.2) is 74.1 Å². The van der Waals surface area contributed by atoms with E-state index in [0.717, 1.165) is 26.2 Å². The molecule has 0 aliphatic heterocycles. The summed E-state index contributed by atoms with van der Waals surface area (Å²) in [6, 6.07) is 0.649. The van der Waals surface area contributed by atoms with E-state index in [0.29, 0.717) is 6.04 Å². The number of hydrogen-bond acceptors (Lipinski definition) is 3. The average molecular weight is 229 g/mol. The van der Waals surface area contributed by atoms with E-state index in [4.69, 9.17) is 0 Å². The van der Waals surface area contributed by atoms with Crippen molar-refractivity contribution in [3.63, 3.8) is 0 Å². The summed E-state index contributed by atoms with van der Waals surface area (Å²) in [7, 11) is 4.42. The highest BCUT2D eigenvalue weighted by molar-refractivity contribution is 4.62. The SMILES string of the molecule is CCN(CC)CCN(C)CCN(C)C(C)C. The van der Waals surface area contributed by atoms with Crippen LogP contribution in [0.5, 0.6) is 0 Å². The third-order valence-electron chi connectivity index (χ3n) is 3.41. The van der Waals surface area contributed by atoms with E-state index in [-0.39, 0.29) is 0 Å². The fourth-order valence-electron chi connectivity index (χ4n) is 1.55. The number of rotatable bonds is 9. The van der Waals surface area contributed by atoms with Gasteiger partial charge in [-0.1, -0.05) is 13.8 Å². The van der Waals surface area contributed by atoms with Crippen LogP contribution in [0.2, 0.25) is 0 Å². The first-order valence-electron chi connectivity index (χ1n) is 6.62. The van der Waals surface area contributed by atoms with Gasteiger partial charge in [-0.25, -0.2) is 0 Å². The van der Waals surface area contributed by atoms with Crippen molar-refractivity contribution in [2.24, 2.45) is 0 Å². The molecule has 0 unspecified atom stereocenters. The van der Waals surface area contributed by atoms with Gasteiger partial charge in [-0.2, -0.15) is 0 Å². The maximum absolute atomic E-state index is 2.47. The van der Waals surface area contributed by atoms with Crippen LogP contribution in [0.3, 0.4) is 0 Å². The van der Waals surface area contributed by atoms with Crippen molar-refractivity contribution in [2.45, 2.75) is 33.7 Å². The molecule has 0 aromatic rings. The quantitative estimate of drug-likeness (QED) is 0.595. The Morgan fingerprint density at radius 1 is 0.812 bits per heavy atom. The van der Waals surface area contributed by atoms with Crippen molar-refractivity contribution in [3.05, 3.63) is 0 Å². The molecule has 0 fully saturated rings. The van der Waals surface area contributed by atoms with Crippen molar-refractivity contribution in [1.29, 1.82) is 0 Å². The molecule has 0 aromatic carbocycles. The predicted molar refractivity (Wildman–Crippen MR) is 73.1 cm³/mol. The summed E-state index contributed by atoms with van der Waals surface area (Å²) in [5, 5.41) is 0. The molecule has 0 rings (SSSR count). The van der Waals surface area contributed by atoms with Gasteiger partial charge in [0.15, 0.2) is 0 Å². The van der Waals surface area contributed by atoms with Crippen molar-refractivity contribution >= 4 is 0 Å². The van der Waals surface area contributed by atoms with E-state index in [9.17, 15) is 0 Å². The van der Waals surface area contributed by atoms with Crippen LogP contribution in [0.4, 0.5) is 0 Å². The molecule has 0 amide bonds. The lowest BCUT2D eigenvalue weighted by atomic mass is 10.3. The van der Waals surface area contributed by atoms with Gasteiger partial charge in [0.25, 0.3) is 0 Å². The van der Waals surface area contributed by atoms with Crippen molar-refractivity contribution < 1.29 is 0 Å². The maximum Gasteiger partial charge on any atom is 0.0109 e. The van der Waals surface area contributed by atoms with Gasteiger partial charge in [-0.15, -0.1) is 0 Å². The Kier molecular flexibility index (Phi) is 8.90. The van der Waals surface area contributed by atoms with Crippen molar-refractivity contribution in [3.8, 4) is 0 Å². The molecule has 0 aromatic heterocycles. The van der Waals surface area contributed by atoms with E-state index in [1.54, 1.807) is 0 Å². The summed E-state index contributed by atoms with van der Waals surface area (Å²) in [4.78, 5) is 7.30. The molecular formula is C13H31N3. The fraction of sp³-hybridized carbons (Fsp3) is 1.00. The van der Waals surface area contributed by atoms with Crippen LogP contribution in [0.25, 0.3) is 0 Å². The highest BCUT2D eigenvalue weighted by atomic mass is 15.2. The Bertz CT molecular complexity index is 149. The maximum atomic E-state index is 2.47. The molecule has 98 valence electrons. The normalized spacial score (nSPS) is 12.4. The molecule has 0 saturated carbocycles. The minimum absolute atomic E-state index is 0.649. The molecule has 0 aliphatic carbocycles. The van der Waals surface area contributed by atoms with E-state index in [1.807, 2.05) is 0 Å². The number of hydrogen-bond donors (Lipinski definition) is 0. The van der Waals surface area contributed by atoms with E-state index in [2.05, 4.69) is 56.5 Å². The van der Waals surface area contributed by atoms with Gasteiger partial charge in [0.05, 0.1) is 0 Å². The van der Waals surface area contributed by atoms with Crippen LogP contribution >= 0.6 is 0 Å².